The number of carbonyl (C=O) groups excluding carboxylic acids is 1. The number of carbonyl (C=O) groups is 1. The third-order valence-corrected chi connectivity index (χ3v) is 4.36. The van der Waals surface area contributed by atoms with Gasteiger partial charge in [0.15, 0.2) is 18.1 Å². The SMILES string of the molecule is COc1ccc(CCNC(=O)COc2ccc(Oc3ccccc3)cc2)cc1OC. The van der Waals surface area contributed by atoms with Gasteiger partial charge in [-0.25, -0.2) is 0 Å². The highest BCUT2D eigenvalue weighted by atomic mass is 16.5. The van der Waals surface area contributed by atoms with Gasteiger partial charge in [-0.05, 0) is 60.5 Å². The van der Waals surface area contributed by atoms with Crippen LogP contribution in [0.3, 0.4) is 0 Å². The first-order valence-electron chi connectivity index (χ1n) is 9.61. The molecule has 0 atom stereocenters. The van der Waals surface area contributed by atoms with Crippen LogP contribution in [0.4, 0.5) is 0 Å². The van der Waals surface area contributed by atoms with E-state index in [0.29, 0.717) is 36.0 Å². The minimum Gasteiger partial charge on any atom is -0.493 e. The number of hydrogen-bond acceptors (Lipinski definition) is 5. The van der Waals surface area contributed by atoms with Gasteiger partial charge in [-0.3, -0.25) is 4.79 Å². The highest BCUT2D eigenvalue weighted by Crippen LogP contribution is 2.27. The first kappa shape index (κ1) is 21.0. The summed E-state index contributed by atoms with van der Waals surface area (Å²) in [7, 11) is 3.20. The van der Waals surface area contributed by atoms with Crippen molar-refractivity contribution in [1.29, 1.82) is 0 Å². The maximum atomic E-state index is 12.0. The van der Waals surface area contributed by atoms with Crippen molar-refractivity contribution in [1.82, 2.24) is 5.32 Å². The van der Waals surface area contributed by atoms with Crippen molar-refractivity contribution in [2.24, 2.45) is 0 Å². The molecule has 0 saturated carbocycles. The largest absolute Gasteiger partial charge is 0.493 e. The van der Waals surface area contributed by atoms with Gasteiger partial charge >= 0.3 is 0 Å². The van der Waals surface area contributed by atoms with E-state index in [1.54, 1.807) is 38.5 Å². The summed E-state index contributed by atoms with van der Waals surface area (Å²) < 4.78 is 21.8. The molecule has 0 aromatic heterocycles. The Bertz CT molecular complexity index is 942. The quantitative estimate of drug-likeness (QED) is 0.545. The molecule has 0 unspecified atom stereocenters. The van der Waals surface area contributed by atoms with Crippen LogP contribution in [-0.2, 0) is 11.2 Å². The molecular formula is C24H25NO5. The van der Waals surface area contributed by atoms with Crippen molar-refractivity contribution in [3.8, 4) is 28.7 Å². The number of ether oxygens (including phenoxy) is 4. The zero-order chi connectivity index (χ0) is 21.2. The zero-order valence-electron chi connectivity index (χ0n) is 17.1. The summed E-state index contributed by atoms with van der Waals surface area (Å²) >= 11 is 0. The second-order valence-electron chi connectivity index (χ2n) is 6.46. The van der Waals surface area contributed by atoms with E-state index in [9.17, 15) is 4.79 Å². The number of para-hydroxylation sites is 1. The van der Waals surface area contributed by atoms with Gasteiger partial charge in [-0.15, -0.1) is 0 Å². The van der Waals surface area contributed by atoms with Gasteiger partial charge in [-0.2, -0.15) is 0 Å². The highest BCUT2D eigenvalue weighted by molar-refractivity contribution is 5.77. The van der Waals surface area contributed by atoms with Crippen LogP contribution in [0.15, 0.2) is 72.8 Å². The molecule has 0 fully saturated rings. The third kappa shape index (κ3) is 6.17. The van der Waals surface area contributed by atoms with Gasteiger partial charge in [-0.1, -0.05) is 24.3 Å². The fraction of sp³-hybridized carbons (Fsp3) is 0.208. The number of nitrogens with one attached hydrogen (secondary N) is 1. The lowest BCUT2D eigenvalue weighted by Gasteiger charge is -2.11. The first-order chi connectivity index (χ1) is 14.7. The van der Waals surface area contributed by atoms with Crippen molar-refractivity contribution >= 4 is 5.91 Å². The maximum absolute atomic E-state index is 12.0. The van der Waals surface area contributed by atoms with Crippen LogP contribution < -0.4 is 24.3 Å². The molecule has 0 radical (unpaired) electrons. The Morgan fingerprint density at radius 3 is 2.17 bits per heavy atom. The summed E-state index contributed by atoms with van der Waals surface area (Å²) in [6.45, 7) is 0.451. The molecule has 0 aliphatic heterocycles. The summed E-state index contributed by atoms with van der Waals surface area (Å²) in [5.41, 5.74) is 1.04. The van der Waals surface area contributed by atoms with E-state index in [-0.39, 0.29) is 12.5 Å². The molecule has 6 heteroatoms. The molecule has 0 aliphatic rings. The molecule has 0 heterocycles. The van der Waals surface area contributed by atoms with Crippen LogP contribution >= 0.6 is 0 Å². The van der Waals surface area contributed by atoms with Crippen molar-refractivity contribution in [3.05, 3.63) is 78.4 Å². The maximum Gasteiger partial charge on any atom is 0.257 e. The molecule has 156 valence electrons. The standard InChI is InChI=1S/C24H25NO5/c1-27-22-13-8-18(16-23(22)28-2)14-15-25-24(26)17-29-19-9-11-21(12-10-19)30-20-6-4-3-5-7-20/h3-13,16H,14-15,17H2,1-2H3,(H,25,26). The second kappa shape index (κ2) is 10.8. The van der Waals surface area contributed by atoms with Gasteiger partial charge in [0, 0.05) is 6.54 Å². The van der Waals surface area contributed by atoms with E-state index in [1.165, 1.54) is 0 Å². The Kier molecular flexibility index (Phi) is 7.55. The average Bonchev–Trinajstić information content (AvgIpc) is 2.79. The number of methoxy groups -OCH3 is 2. The highest BCUT2D eigenvalue weighted by Gasteiger charge is 2.06. The lowest BCUT2D eigenvalue weighted by molar-refractivity contribution is -0.123. The smallest absolute Gasteiger partial charge is 0.257 e. The number of benzene rings is 3. The molecule has 0 spiro atoms. The molecule has 6 nitrogen and oxygen atoms in total. The van der Waals surface area contributed by atoms with Crippen molar-refractivity contribution in [3.63, 3.8) is 0 Å². The molecule has 3 aromatic rings. The Hall–Kier alpha value is -3.67. The lowest BCUT2D eigenvalue weighted by atomic mass is 10.1. The monoisotopic (exact) mass is 407 g/mol. The van der Waals surface area contributed by atoms with Gasteiger partial charge in [0.25, 0.3) is 5.91 Å². The van der Waals surface area contributed by atoms with E-state index >= 15 is 0 Å². The summed E-state index contributed by atoms with van der Waals surface area (Å²) in [4.78, 5) is 12.0. The number of hydrogen-bond donors (Lipinski definition) is 1. The fourth-order valence-corrected chi connectivity index (χ4v) is 2.81. The van der Waals surface area contributed by atoms with Gasteiger partial charge < -0.3 is 24.3 Å². The molecule has 3 rings (SSSR count). The summed E-state index contributed by atoms with van der Waals surface area (Å²) in [6, 6.07) is 22.4. The molecular weight excluding hydrogens is 382 g/mol. The number of amides is 1. The Balaban J connectivity index is 1.40. The van der Waals surface area contributed by atoms with Gasteiger partial charge in [0.1, 0.15) is 17.2 Å². The summed E-state index contributed by atoms with van der Waals surface area (Å²) in [5.74, 6) is 3.24. The third-order valence-electron chi connectivity index (χ3n) is 4.36. The predicted octanol–water partition coefficient (Wildman–Crippen LogP) is 4.23. The van der Waals surface area contributed by atoms with E-state index in [1.807, 2.05) is 48.5 Å². The van der Waals surface area contributed by atoms with E-state index in [2.05, 4.69) is 5.32 Å². The molecule has 0 bridgehead atoms. The molecule has 3 aromatic carbocycles. The Morgan fingerprint density at radius 1 is 0.800 bits per heavy atom. The minimum atomic E-state index is -0.180. The zero-order valence-corrected chi connectivity index (χ0v) is 17.1. The fourth-order valence-electron chi connectivity index (χ4n) is 2.81. The normalized spacial score (nSPS) is 10.2. The topological polar surface area (TPSA) is 66.0 Å². The summed E-state index contributed by atoms with van der Waals surface area (Å²) in [6.07, 6.45) is 0.678. The van der Waals surface area contributed by atoms with Crippen LogP contribution in [0.1, 0.15) is 5.56 Å². The van der Waals surface area contributed by atoms with Crippen LogP contribution in [0.2, 0.25) is 0 Å². The van der Waals surface area contributed by atoms with Gasteiger partial charge in [0.2, 0.25) is 0 Å². The lowest BCUT2D eigenvalue weighted by Crippen LogP contribution is -2.30. The van der Waals surface area contributed by atoms with Crippen LogP contribution in [0, 0.1) is 0 Å². The number of rotatable bonds is 10. The van der Waals surface area contributed by atoms with Crippen molar-refractivity contribution in [2.45, 2.75) is 6.42 Å². The molecule has 1 N–H and O–H groups in total. The molecule has 1 amide bonds. The van der Waals surface area contributed by atoms with Gasteiger partial charge in [0.05, 0.1) is 14.2 Å². The van der Waals surface area contributed by atoms with E-state index in [0.717, 1.165) is 11.3 Å². The minimum absolute atomic E-state index is 0.0508. The first-order valence-corrected chi connectivity index (χ1v) is 9.61. The van der Waals surface area contributed by atoms with Crippen LogP contribution in [0.25, 0.3) is 0 Å². The van der Waals surface area contributed by atoms with E-state index in [4.69, 9.17) is 18.9 Å². The molecule has 30 heavy (non-hydrogen) atoms. The second-order valence-corrected chi connectivity index (χ2v) is 6.46. The van der Waals surface area contributed by atoms with Crippen molar-refractivity contribution in [2.75, 3.05) is 27.4 Å². The van der Waals surface area contributed by atoms with E-state index < -0.39 is 0 Å². The molecule has 0 aliphatic carbocycles. The van der Waals surface area contributed by atoms with Crippen LogP contribution in [-0.4, -0.2) is 33.3 Å². The predicted molar refractivity (Wildman–Crippen MR) is 115 cm³/mol. The van der Waals surface area contributed by atoms with Crippen LogP contribution in [0.5, 0.6) is 28.7 Å². The Labute approximate surface area is 176 Å². The Morgan fingerprint density at radius 2 is 1.47 bits per heavy atom. The van der Waals surface area contributed by atoms with Crippen molar-refractivity contribution < 1.29 is 23.7 Å². The summed E-state index contributed by atoms with van der Waals surface area (Å²) in [5, 5.41) is 2.85. The average molecular weight is 407 g/mol. The molecule has 0 saturated heterocycles.